The second-order valence-electron chi connectivity index (χ2n) is 6.31. The molecule has 2 N–H and O–H groups in total. The third kappa shape index (κ3) is 4.36. The van der Waals surface area contributed by atoms with Crippen LogP contribution in [0, 0.1) is 0 Å². The van der Waals surface area contributed by atoms with Crippen molar-refractivity contribution in [2.45, 2.75) is 39.3 Å². The van der Waals surface area contributed by atoms with Crippen molar-refractivity contribution in [3.05, 3.63) is 59.7 Å². The Bertz CT molecular complexity index is 661. The van der Waals surface area contributed by atoms with Crippen molar-refractivity contribution >= 4 is 11.6 Å². The summed E-state index contributed by atoms with van der Waals surface area (Å²) in [4.78, 5) is 14.3. The minimum Gasteiger partial charge on any atom is -0.497 e. The highest BCUT2D eigenvalue weighted by atomic mass is 16.5. The monoisotopic (exact) mass is 326 g/mol. The predicted octanol–water partition coefficient (Wildman–Crippen LogP) is 3.70. The standard InChI is InChI=1S/C20H26N2O2/c1-14(2)17-7-5-16(6-8-17)13-22(20(23)15(3)21)18-9-11-19(24-4)12-10-18/h5-12,14-15H,13,21H2,1-4H3/t15-/m0/s1. The molecule has 0 aromatic heterocycles. The SMILES string of the molecule is COc1ccc(N(Cc2ccc(C(C)C)cc2)C(=O)[C@H](C)N)cc1. The van der Waals surface area contributed by atoms with Crippen molar-refractivity contribution in [3.8, 4) is 5.75 Å². The summed E-state index contributed by atoms with van der Waals surface area (Å²) in [5.41, 5.74) is 9.00. The number of hydrogen-bond donors (Lipinski definition) is 1. The van der Waals surface area contributed by atoms with Crippen LogP contribution in [0.4, 0.5) is 5.69 Å². The van der Waals surface area contributed by atoms with Crippen molar-refractivity contribution in [1.29, 1.82) is 0 Å². The molecule has 128 valence electrons. The molecule has 24 heavy (non-hydrogen) atoms. The average molecular weight is 326 g/mol. The zero-order valence-corrected chi connectivity index (χ0v) is 14.8. The largest absolute Gasteiger partial charge is 0.497 e. The number of hydrogen-bond acceptors (Lipinski definition) is 3. The van der Waals surface area contributed by atoms with E-state index < -0.39 is 6.04 Å². The molecule has 1 amide bonds. The predicted molar refractivity (Wildman–Crippen MR) is 98.4 cm³/mol. The number of carbonyl (C=O) groups is 1. The molecular formula is C20H26N2O2. The fraction of sp³-hybridized carbons (Fsp3) is 0.350. The number of carbonyl (C=O) groups excluding carboxylic acids is 1. The second-order valence-corrected chi connectivity index (χ2v) is 6.31. The molecule has 0 aliphatic heterocycles. The van der Waals surface area contributed by atoms with Crippen LogP contribution in [0.5, 0.6) is 5.75 Å². The van der Waals surface area contributed by atoms with Crippen LogP contribution >= 0.6 is 0 Å². The fourth-order valence-corrected chi connectivity index (χ4v) is 2.49. The first-order valence-corrected chi connectivity index (χ1v) is 8.22. The molecule has 2 aromatic carbocycles. The molecule has 0 spiro atoms. The van der Waals surface area contributed by atoms with E-state index in [1.807, 2.05) is 24.3 Å². The van der Waals surface area contributed by atoms with Gasteiger partial charge in [-0.2, -0.15) is 0 Å². The van der Waals surface area contributed by atoms with E-state index in [1.165, 1.54) is 5.56 Å². The van der Waals surface area contributed by atoms with Gasteiger partial charge in [-0.25, -0.2) is 0 Å². The Kier molecular flexibility index (Phi) is 5.99. The lowest BCUT2D eigenvalue weighted by Gasteiger charge is -2.25. The van der Waals surface area contributed by atoms with E-state index in [0.29, 0.717) is 12.5 Å². The summed E-state index contributed by atoms with van der Waals surface area (Å²) in [6, 6.07) is 15.3. The number of methoxy groups -OCH3 is 1. The first kappa shape index (κ1) is 18.0. The molecule has 0 unspecified atom stereocenters. The van der Waals surface area contributed by atoms with Gasteiger partial charge in [0.05, 0.1) is 19.7 Å². The molecule has 0 fully saturated rings. The van der Waals surface area contributed by atoms with Crippen molar-refractivity contribution in [3.63, 3.8) is 0 Å². The van der Waals surface area contributed by atoms with Gasteiger partial charge in [-0.3, -0.25) is 4.79 Å². The number of anilines is 1. The normalized spacial score (nSPS) is 12.1. The van der Waals surface area contributed by atoms with Gasteiger partial charge in [0.15, 0.2) is 0 Å². The minimum atomic E-state index is -0.554. The third-order valence-electron chi connectivity index (χ3n) is 4.03. The molecule has 2 rings (SSSR count). The summed E-state index contributed by atoms with van der Waals surface area (Å²) in [5, 5.41) is 0. The number of nitrogens with two attached hydrogens (primary N) is 1. The van der Waals surface area contributed by atoms with Crippen molar-refractivity contribution in [2.24, 2.45) is 5.73 Å². The van der Waals surface area contributed by atoms with Gasteiger partial charge in [-0.1, -0.05) is 38.1 Å². The van der Waals surface area contributed by atoms with E-state index in [1.54, 1.807) is 18.9 Å². The zero-order chi connectivity index (χ0) is 17.7. The van der Waals surface area contributed by atoms with E-state index in [4.69, 9.17) is 10.5 Å². The molecule has 0 bridgehead atoms. The van der Waals surface area contributed by atoms with E-state index in [0.717, 1.165) is 17.0 Å². The smallest absolute Gasteiger partial charge is 0.243 e. The highest BCUT2D eigenvalue weighted by Gasteiger charge is 2.19. The molecule has 0 radical (unpaired) electrons. The van der Waals surface area contributed by atoms with Crippen LogP contribution in [0.1, 0.15) is 37.8 Å². The van der Waals surface area contributed by atoms with E-state index in [-0.39, 0.29) is 5.91 Å². The van der Waals surface area contributed by atoms with E-state index in [9.17, 15) is 4.79 Å². The summed E-state index contributed by atoms with van der Waals surface area (Å²) in [6.45, 7) is 6.53. The van der Waals surface area contributed by atoms with Gasteiger partial charge in [0.2, 0.25) is 5.91 Å². The Morgan fingerprint density at radius 2 is 1.62 bits per heavy atom. The van der Waals surface area contributed by atoms with Crippen LogP contribution in [0.25, 0.3) is 0 Å². The van der Waals surface area contributed by atoms with Crippen molar-refractivity contribution in [1.82, 2.24) is 0 Å². The van der Waals surface area contributed by atoms with E-state index >= 15 is 0 Å². The maximum Gasteiger partial charge on any atom is 0.243 e. The zero-order valence-electron chi connectivity index (χ0n) is 14.8. The van der Waals surface area contributed by atoms with E-state index in [2.05, 4.69) is 38.1 Å². The molecule has 0 aliphatic carbocycles. The molecule has 0 saturated carbocycles. The lowest BCUT2D eigenvalue weighted by Crippen LogP contribution is -2.41. The van der Waals surface area contributed by atoms with Gasteiger partial charge in [0.25, 0.3) is 0 Å². The summed E-state index contributed by atoms with van der Waals surface area (Å²) in [7, 11) is 1.62. The van der Waals surface area contributed by atoms with Gasteiger partial charge in [-0.15, -0.1) is 0 Å². The molecule has 2 aromatic rings. The molecule has 4 nitrogen and oxygen atoms in total. The van der Waals surface area contributed by atoms with Crippen molar-refractivity contribution < 1.29 is 9.53 Å². The Hall–Kier alpha value is -2.33. The number of ether oxygens (including phenoxy) is 1. The lowest BCUT2D eigenvalue weighted by molar-refractivity contribution is -0.119. The fourth-order valence-electron chi connectivity index (χ4n) is 2.49. The summed E-state index contributed by atoms with van der Waals surface area (Å²) in [5.74, 6) is 1.14. The molecule has 1 atom stereocenters. The summed E-state index contributed by atoms with van der Waals surface area (Å²) in [6.07, 6.45) is 0. The Morgan fingerprint density at radius 3 is 2.08 bits per heavy atom. The highest BCUT2D eigenvalue weighted by molar-refractivity contribution is 5.96. The first-order chi connectivity index (χ1) is 11.4. The van der Waals surface area contributed by atoms with Crippen LogP contribution in [0.15, 0.2) is 48.5 Å². The van der Waals surface area contributed by atoms with Gasteiger partial charge < -0.3 is 15.4 Å². The topological polar surface area (TPSA) is 55.6 Å². The first-order valence-electron chi connectivity index (χ1n) is 8.22. The summed E-state index contributed by atoms with van der Waals surface area (Å²) >= 11 is 0. The average Bonchev–Trinajstić information content (AvgIpc) is 2.59. The van der Waals surface area contributed by atoms with Crippen LogP contribution in [0.3, 0.4) is 0 Å². The van der Waals surface area contributed by atoms with Crippen LogP contribution < -0.4 is 15.4 Å². The maximum absolute atomic E-state index is 12.5. The van der Waals surface area contributed by atoms with Crippen molar-refractivity contribution in [2.75, 3.05) is 12.0 Å². The van der Waals surface area contributed by atoms with Crippen LogP contribution in [-0.4, -0.2) is 19.1 Å². The Labute approximate surface area is 144 Å². The quantitative estimate of drug-likeness (QED) is 0.880. The van der Waals surface area contributed by atoms with Gasteiger partial charge >= 0.3 is 0 Å². The Morgan fingerprint density at radius 1 is 1.04 bits per heavy atom. The number of benzene rings is 2. The minimum absolute atomic E-state index is 0.104. The molecule has 0 saturated heterocycles. The van der Waals surface area contributed by atoms with Gasteiger partial charge in [-0.05, 0) is 48.2 Å². The maximum atomic E-state index is 12.5. The molecule has 0 aliphatic rings. The molecular weight excluding hydrogens is 300 g/mol. The third-order valence-corrected chi connectivity index (χ3v) is 4.03. The Balaban J connectivity index is 2.27. The lowest BCUT2D eigenvalue weighted by atomic mass is 10.0. The van der Waals surface area contributed by atoms with Crippen LogP contribution in [-0.2, 0) is 11.3 Å². The summed E-state index contributed by atoms with van der Waals surface area (Å²) < 4.78 is 5.18. The molecule has 4 heteroatoms. The second kappa shape index (κ2) is 7.97. The van der Waals surface area contributed by atoms with Gasteiger partial charge in [0, 0.05) is 5.69 Å². The number of amides is 1. The highest BCUT2D eigenvalue weighted by Crippen LogP contribution is 2.23. The van der Waals surface area contributed by atoms with Gasteiger partial charge in [0.1, 0.15) is 5.75 Å². The van der Waals surface area contributed by atoms with Crippen LogP contribution in [0.2, 0.25) is 0 Å². The number of nitrogens with zero attached hydrogens (tertiary/aromatic N) is 1. The number of rotatable bonds is 6. The molecule has 0 heterocycles.